The molecule has 1 rings (SSSR count). The van der Waals surface area contributed by atoms with Crippen LogP contribution in [-0.4, -0.2) is 14.4 Å². The monoisotopic (exact) mass is 272 g/mol. The first kappa shape index (κ1) is 12.8. The predicted octanol–water partition coefficient (Wildman–Crippen LogP) is 3.65. The van der Waals surface area contributed by atoms with Gasteiger partial charge in [-0.25, -0.2) is 4.98 Å². The summed E-state index contributed by atoms with van der Waals surface area (Å²) in [6.45, 7) is 7.78. The van der Waals surface area contributed by atoms with Crippen LogP contribution in [0.25, 0.3) is 0 Å². The van der Waals surface area contributed by atoms with Crippen molar-refractivity contribution in [3.05, 3.63) is 18.2 Å². The van der Waals surface area contributed by atoms with Gasteiger partial charge in [0, 0.05) is 30.2 Å². The molecule has 0 aliphatic carbocycles. The Morgan fingerprint density at radius 3 is 2.80 bits per heavy atom. The fourth-order valence-electron chi connectivity index (χ4n) is 1.61. The average Bonchev–Trinajstić information content (AvgIpc) is 2.62. The van der Waals surface area contributed by atoms with Gasteiger partial charge in [0.25, 0.3) is 0 Å². The molecule has 0 saturated heterocycles. The lowest BCUT2D eigenvalue weighted by atomic mass is 10.1. The van der Waals surface area contributed by atoms with Gasteiger partial charge in [0.15, 0.2) is 0 Å². The Kier molecular flexibility index (Phi) is 5.37. The number of hydrogen-bond donors (Lipinski definition) is 0. The van der Waals surface area contributed by atoms with Crippen LogP contribution in [0.15, 0.2) is 12.4 Å². The number of nitrogens with zero attached hydrogens (tertiary/aromatic N) is 2. The minimum Gasteiger partial charge on any atom is -0.335 e. The summed E-state index contributed by atoms with van der Waals surface area (Å²) < 4.78 is 2.26. The highest BCUT2D eigenvalue weighted by atomic mass is 79.9. The van der Waals surface area contributed by atoms with E-state index in [1.807, 2.05) is 6.20 Å². The molecule has 0 spiro atoms. The Labute approximate surface area is 101 Å². The summed E-state index contributed by atoms with van der Waals surface area (Å²) in [6, 6.07) is 0. The molecule has 0 aliphatic rings. The van der Waals surface area contributed by atoms with E-state index in [0.717, 1.165) is 13.0 Å². The Balaban J connectivity index is 2.46. The fraction of sp³-hybridized carbons (Fsp3) is 0.750. The Bertz CT molecular complexity index is 281. The van der Waals surface area contributed by atoms with Crippen LogP contribution in [0.5, 0.6) is 0 Å². The molecule has 0 radical (unpaired) electrons. The highest BCUT2D eigenvalue weighted by Crippen LogP contribution is 2.18. The van der Waals surface area contributed by atoms with Crippen LogP contribution in [0.1, 0.15) is 39.4 Å². The first-order valence-corrected chi connectivity index (χ1v) is 6.70. The van der Waals surface area contributed by atoms with Crippen molar-refractivity contribution in [3.8, 4) is 0 Å². The summed E-state index contributed by atoms with van der Waals surface area (Å²) in [7, 11) is 0. The number of alkyl halides is 1. The number of aromatic nitrogens is 2. The van der Waals surface area contributed by atoms with Crippen molar-refractivity contribution >= 4 is 15.9 Å². The third-order valence-electron chi connectivity index (χ3n) is 2.63. The molecule has 3 heteroatoms. The molecule has 0 aromatic carbocycles. The van der Waals surface area contributed by atoms with Crippen LogP contribution in [-0.2, 0) is 13.0 Å². The normalized spacial score (nSPS) is 13.4. The molecule has 0 aliphatic heterocycles. The average molecular weight is 273 g/mol. The molecule has 1 heterocycles. The van der Waals surface area contributed by atoms with Crippen LogP contribution in [0.4, 0.5) is 0 Å². The summed E-state index contributed by atoms with van der Waals surface area (Å²) in [5.41, 5.74) is 0. The second-order valence-corrected chi connectivity index (χ2v) is 5.51. The van der Waals surface area contributed by atoms with Gasteiger partial charge in [-0.3, -0.25) is 0 Å². The van der Waals surface area contributed by atoms with Crippen molar-refractivity contribution in [2.45, 2.75) is 51.4 Å². The van der Waals surface area contributed by atoms with E-state index >= 15 is 0 Å². The standard InChI is InChI=1S/C12H21BrN2/c1-4-8-15-9-7-14-12(15)6-5-11(13)10(2)3/h7,9-11H,4-6,8H2,1-3H3. The van der Waals surface area contributed by atoms with E-state index in [0.29, 0.717) is 10.7 Å². The molecule has 0 fully saturated rings. The van der Waals surface area contributed by atoms with Gasteiger partial charge in [-0.2, -0.15) is 0 Å². The van der Waals surface area contributed by atoms with Crippen molar-refractivity contribution in [2.75, 3.05) is 0 Å². The van der Waals surface area contributed by atoms with Gasteiger partial charge in [-0.15, -0.1) is 0 Å². The molecule has 1 unspecified atom stereocenters. The molecule has 1 atom stereocenters. The SMILES string of the molecule is CCCn1ccnc1CCC(Br)C(C)C. The molecular formula is C12H21BrN2. The van der Waals surface area contributed by atoms with Crippen LogP contribution >= 0.6 is 15.9 Å². The van der Waals surface area contributed by atoms with Gasteiger partial charge in [0.05, 0.1) is 0 Å². The molecule has 15 heavy (non-hydrogen) atoms. The van der Waals surface area contributed by atoms with Gasteiger partial charge in [0.1, 0.15) is 5.82 Å². The topological polar surface area (TPSA) is 17.8 Å². The molecule has 0 N–H and O–H groups in total. The molecule has 2 nitrogen and oxygen atoms in total. The van der Waals surface area contributed by atoms with Crippen molar-refractivity contribution in [2.24, 2.45) is 5.92 Å². The zero-order valence-corrected chi connectivity index (χ0v) is 11.5. The first-order chi connectivity index (χ1) is 7.15. The van der Waals surface area contributed by atoms with E-state index < -0.39 is 0 Å². The van der Waals surface area contributed by atoms with E-state index in [-0.39, 0.29) is 0 Å². The predicted molar refractivity (Wildman–Crippen MR) is 68.4 cm³/mol. The molecule has 1 aromatic rings. The molecule has 86 valence electrons. The largest absolute Gasteiger partial charge is 0.335 e. The van der Waals surface area contributed by atoms with Crippen molar-refractivity contribution in [1.82, 2.24) is 9.55 Å². The smallest absolute Gasteiger partial charge is 0.108 e. The maximum atomic E-state index is 4.41. The summed E-state index contributed by atoms with van der Waals surface area (Å²) in [4.78, 5) is 5.01. The molecular weight excluding hydrogens is 252 g/mol. The third kappa shape index (κ3) is 3.98. The highest BCUT2D eigenvalue weighted by Gasteiger charge is 2.10. The van der Waals surface area contributed by atoms with Gasteiger partial charge in [-0.1, -0.05) is 36.7 Å². The van der Waals surface area contributed by atoms with E-state index in [1.54, 1.807) is 0 Å². The maximum Gasteiger partial charge on any atom is 0.108 e. The zero-order chi connectivity index (χ0) is 11.3. The van der Waals surface area contributed by atoms with Gasteiger partial charge >= 0.3 is 0 Å². The van der Waals surface area contributed by atoms with Crippen LogP contribution < -0.4 is 0 Å². The Morgan fingerprint density at radius 1 is 1.47 bits per heavy atom. The highest BCUT2D eigenvalue weighted by molar-refractivity contribution is 9.09. The minimum absolute atomic E-state index is 0.601. The zero-order valence-electron chi connectivity index (χ0n) is 9.91. The number of aryl methyl sites for hydroxylation is 2. The molecule has 0 bridgehead atoms. The minimum atomic E-state index is 0.601. The fourth-order valence-corrected chi connectivity index (χ4v) is 1.84. The van der Waals surface area contributed by atoms with Crippen molar-refractivity contribution in [3.63, 3.8) is 0 Å². The van der Waals surface area contributed by atoms with E-state index in [9.17, 15) is 0 Å². The number of hydrogen-bond acceptors (Lipinski definition) is 1. The Hall–Kier alpha value is -0.310. The first-order valence-electron chi connectivity index (χ1n) is 5.79. The van der Waals surface area contributed by atoms with Crippen LogP contribution in [0.2, 0.25) is 0 Å². The van der Waals surface area contributed by atoms with Gasteiger partial charge < -0.3 is 4.57 Å². The summed E-state index contributed by atoms with van der Waals surface area (Å²) in [5, 5.41) is 0. The third-order valence-corrected chi connectivity index (χ3v) is 4.15. The van der Waals surface area contributed by atoms with Crippen LogP contribution in [0, 0.1) is 5.92 Å². The quantitative estimate of drug-likeness (QED) is 0.723. The molecule has 0 saturated carbocycles. The van der Waals surface area contributed by atoms with E-state index in [1.165, 1.54) is 18.7 Å². The molecule has 1 aromatic heterocycles. The van der Waals surface area contributed by atoms with E-state index in [2.05, 4.69) is 52.4 Å². The number of imidazole rings is 1. The Morgan fingerprint density at radius 2 is 2.20 bits per heavy atom. The molecule has 0 amide bonds. The van der Waals surface area contributed by atoms with E-state index in [4.69, 9.17) is 0 Å². The van der Waals surface area contributed by atoms with Gasteiger partial charge in [-0.05, 0) is 18.8 Å². The maximum absolute atomic E-state index is 4.41. The second-order valence-electron chi connectivity index (χ2n) is 4.34. The number of halogens is 1. The summed E-state index contributed by atoms with van der Waals surface area (Å²) in [6.07, 6.45) is 7.39. The number of rotatable bonds is 6. The second kappa shape index (κ2) is 6.31. The lowest BCUT2D eigenvalue weighted by molar-refractivity contribution is 0.557. The summed E-state index contributed by atoms with van der Waals surface area (Å²) >= 11 is 3.71. The lowest BCUT2D eigenvalue weighted by Crippen LogP contribution is -2.11. The van der Waals surface area contributed by atoms with Crippen molar-refractivity contribution < 1.29 is 0 Å². The van der Waals surface area contributed by atoms with Crippen molar-refractivity contribution in [1.29, 1.82) is 0 Å². The van der Waals surface area contributed by atoms with Crippen LogP contribution in [0.3, 0.4) is 0 Å². The summed E-state index contributed by atoms with van der Waals surface area (Å²) in [5.74, 6) is 1.92. The lowest BCUT2D eigenvalue weighted by Gasteiger charge is -2.13. The van der Waals surface area contributed by atoms with Gasteiger partial charge in [0.2, 0.25) is 0 Å².